The van der Waals surface area contributed by atoms with E-state index in [4.69, 9.17) is 4.74 Å². The quantitative estimate of drug-likeness (QED) is 0.232. The number of carbonyl (C=O) groups is 2. The van der Waals surface area contributed by atoms with Gasteiger partial charge in [0.25, 0.3) is 5.91 Å². The van der Waals surface area contributed by atoms with Crippen molar-refractivity contribution in [1.82, 2.24) is 20.3 Å². The molecule has 3 aliphatic rings. The van der Waals surface area contributed by atoms with E-state index in [-0.39, 0.29) is 24.5 Å². The third kappa shape index (κ3) is 5.60. The topological polar surface area (TPSA) is 122 Å². The van der Waals surface area contributed by atoms with Crippen molar-refractivity contribution in [3.8, 4) is 0 Å². The second kappa shape index (κ2) is 12.1. The zero-order chi connectivity index (χ0) is 31.1. The molecule has 2 amide bonds. The van der Waals surface area contributed by atoms with Crippen molar-refractivity contribution in [1.29, 1.82) is 0 Å². The number of anilines is 2. The maximum Gasteiger partial charge on any atom is 0.264 e. The predicted molar refractivity (Wildman–Crippen MR) is 167 cm³/mol. The largest absolute Gasteiger partial charge is 0.396 e. The number of ether oxygens (including phenoxy) is 1. The molecule has 1 aromatic heterocycles. The average Bonchev–Trinajstić information content (AvgIpc) is 3.78. The molecule has 10 nitrogen and oxygen atoms in total. The number of hydrogen-bond acceptors (Lipinski definition) is 7. The third-order valence-corrected chi connectivity index (χ3v) is 11.8. The highest BCUT2D eigenvalue weighted by Gasteiger charge is 2.66. The summed E-state index contributed by atoms with van der Waals surface area (Å²) in [6.45, 7) is 6.89. The van der Waals surface area contributed by atoms with Gasteiger partial charge in [-0.05, 0) is 62.7 Å². The Balaban J connectivity index is 1.36. The van der Waals surface area contributed by atoms with E-state index in [1.165, 1.54) is 0 Å². The number of hydrogen-bond donors (Lipinski definition) is 3. The number of rotatable bonds is 10. The molecule has 0 aliphatic carbocycles. The van der Waals surface area contributed by atoms with Crippen molar-refractivity contribution in [2.24, 2.45) is 5.92 Å². The Morgan fingerprint density at radius 3 is 2.75 bits per heavy atom. The third-order valence-electron chi connectivity index (χ3n) is 9.39. The van der Waals surface area contributed by atoms with E-state index in [0.29, 0.717) is 48.6 Å². The van der Waals surface area contributed by atoms with E-state index in [2.05, 4.69) is 20.9 Å². The lowest BCUT2D eigenvalue weighted by molar-refractivity contribution is -0.146. The minimum Gasteiger partial charge on any atom is -0.396 e. The van der Waals surface area contributed by atoms with Crippen LogP contribution in [0, 0.1) is 5.92 Å². The number of aromatic nitrogens is 3. The van der Waals surface area contributed by atoms with Gasteiger partial charge < -0.3 is 29.5 Å². The van der Waals surface area contributed by atoms with Crippen LogP contribution in [-0.4, -0.2) is 65.6 Å². The monoisotopic (exact) mass is 620 g/mol. The van der Waals surface area contributed by atoms with Gasteiger partial charge in [-0.3, -0.25) is 14.3 Å². The Morgan fingerprint density at radius 2 is 2.05 bits per heavy atom. The van der Waals surface area contributed by atoms with Crippen molar-refractivity contribution in [3.05, 3.63) is 71.5 Å². The second-order valence-corrected chi connectivity index (χ2v) is 16.5. The summed E-state index contributed by atoms with van der Waals surface area (Å²) in [7, 11) is -3.35. The Hall–Kier alpha value is -3.45. The molecule has 0 unspecified atom stereocenters. The van der Waals surface area contributed by atoms with Crippen molar-refractivity contribution in [2.45, 2.75) is 82.1 Å². The number of benzene rings is 2. The Bertz CT molecular complexity index is 1510. The first-order valence-corrected chi connectivity index (χ1v) is 18.5. The standard InChI is InChI=1S/C32H41FN6O4Si/c1-21-29(44(2,3)33)28(13-16-38-20-24(14-17-40)36-37-38)43-32(21)25-18-23(35-30(41)26-10-7-15-34-26)11-12-27(25)39(31(32)42)19-22-8-5-4-6-9-22/h4-6,8-9,11-12,18,20-21,26,28-29,34,40H,7,10,13-17,19H2,1-3H3,(H,35,41)/t21-,26-,28+,29-,32+/m1/s1. The van der Waals surface area contributed by atoms with Gasteiger partial charge in [-0.25, -0.2) is 0 Å². The highest BCUT2D eigenvalue weighted by Crippen LogP contribution is 2.60. The van der Waals surface area contributed by atoms with Gasteiger partial charge in [0.1, 0.15) is 0 Å². The Kier molecular flexibility index (Phi) is 8.44. The van der Waals surface area contributed by atoms with Crippen molar-refractivity contribution in [3.63, 3.8) is 0 Å². The van der Waals surface area contributed by atoms with Crippen LogP contribution >= 0.6 is 0 Å². The molecule has 3 aromatic rings. The van der Waals surface area contributed by atoms with Crippen LogP contribution in [0.4, 0.5) is 15.5 Å². The first kappa shape index (κ1) is 30.6. The molecule has 12 heteroatoms. The van der Waals surface area contributed by atoms with Gasteiger partial charge in [-0.2, -0.15) is 0 Å². The molecule has 5 atom stereocenters. The van der Waals surface area contributed by atoms with Gasteiger partial charge in [0.15, 0.2) is 5.60 Å². The van der Waals surface area contributed by atoms with Crippen LogP contribution in [0.3, 0.4) is 0 Å². The van der Waals surface area contributed by atoms with E-state index < -0.39 is 31.6 Å². The summed E-state index contributed by atoms with van der Waals surface area (Å²) >= 11 is 0. The lowest BCUT2D eigenvalue weighted by atomic mass is 9.82. The first-order chi connectivity index (χ1) is 21.1. The molecule has 3 aliphatic heterocycles. The van der Waals surface area contributed by atoms with Crippen LogP contribution in [0.5, 0.6) is 0 Å². The van der Waals surface area contributed by atoms with Crippen molar-refractivity contribution >= 4 is 31.6 Å². The molecule has 44 heavy (non-hydrogen) atoms. The zero-order valence-electron chi connectivity index (χ0n) is 25.5. The van der Waals surface area contributed by atoms with E-state index in [0.717, 1.165) is 24.9 Å². The highest BCUT2D eigenvalue weighted by atomic mass is 28.4. The van der Waals surface area contributed by atoms with Crippen LogP contribution in [0.2, 0.25) is 18.6 Å². The van der Waals surface area contributed by atoms with Crippen molar-refractivity contribution < 1.29 is 23.5 Å². The summed E-state index contributed by atoms with van der Waals surface area (Å²) in [5, 5.41) is 23.8. The number of aliphatic hydroxyl groups excluding tert-OH is 1. The lowest BCUT2D eigenvalue weighted by Crippen LogP contribution is -2.45. The van der Waals surface area contributed by atoms with Gasteiger partial charge in [0, 0.05) is 48.5 Å². The molecule has 2 fully saturated rings. The molecule has 2 saturated heterocycles. The van der Waals surface area contributed by atoms with Crippen LogP contribution in [0.1, 0.15) is 43.0 Å². The van der Waals surface area contributed by atoms with Crippen LogP contribution < -0.4 is 15.5 Å². The molecule has 0 saturated carbocycles. The van der Waals surface area contributed by atoms with Gasteiger partial charge in [0.2, 0.25) is 14.3 Å². The fourth-order valence-corrected chi connectivity index (χ4v) is 9.93. The number of aryl methyl sites for hydroxylation is 1. The zero-order valence-corrected chi connectivity index (χ0v) is 26.5. The highest BCUT2D eigenvalue weighted by molar-refractivity contribution is 6.72. The normalized spacial score (nSPS) is 26.5. The summed E-state index contributed by atoms with van der Waals surface area (Å²) < 4.78 is 24.8. The minimum absolute atomic E-state index is 0.0191. The average molecular weight is 621 g/mol. The van der Waals surface area contributed by atoms with E-state index >= 15 is 4.11 Å². The fraction of sp³-hybridized carbons (Fsp3) is 0.500. The lowest BCUT2D eigenvalue weighted by Gasteiger charge is -2.31. The molecule has 3 N–H and O–H groups in total. The molecule has 4 heterocycles. The Morgan fingerprint density at radius 1 is 1.25 bits per heavy atom. The molecule has 234 valence electrons. The molecular formula is C32H41FN6O4Si. The molecular weight excluding hydrogens is 579 g/mol. The number of amides is 2. The second-order valence-electron chi connectivity index (χ2n) is 12.8. The SMILES string of the molecule is C[C@@H]1[C@@H]([Si](C)(C)F)[C@H](CCn2cc(CCO)nn2)O[C@@]12C(=O)N(Cc1ccccc1)c1ccc(NC(=O)[C@H]3CCCN3)cc12. The van der Waals surface area contributed by atoms with Crippen LogP contribution in [0.15, 0.2) is 54.7 Å². The number of nitrogens with one attached hydrogen (secondary N) is 2. The summed E-state index contributed by atoms with van der Waals surface area (Å²) in [5.41, 5.74) is 1.76. The number of nitrogens with zero attached hydrogens (tertiary/aromatic N) is 4. The number of fused-ring (bicyclic) bond motifs is 2. The van der Waals surface area contributed by atoms with Gasteiger partial charge >= 0.3 is 0 Å². The summed E-state index contributed by atoms with van der Waals surface area (Å²) in [5.74, 6) is -0.764. The summed E-state index contributed by atoms with van der Waals surface area (Å²) in [4.78, 5) is 29.4. The maximum atomic E-state index is 16.2. The van der Waals surface area contributed by atoms with Crippen LogP contribution in [0.25, 0.3) is 0 Å². The molecule has 1 spiro atoms. The smallest absolute Gasteiger partial charge is 0.264 e. The van der Waals surface area contributed by atoms with Crippen molar-refractivity contribution in [2.75, 3.05) is 23.4 Å². The van der Waals surface area contributed by atoms with E-state index in [1.807, 2.05) is 55.5 Å². The van der Waals surface area contributed by atoms with Gasteiger partial charge in [-0.15, -0.1) is 5.10 Å². The number of aliphatic hydroxyl groups is 1. The fourth-order valence-electron chi connectivity index (χ4n) is 7.39. The number of halogens is 1. The van der Waals surface area contributed by atoms with Gasteiger partial charge in [-0.1, -0.05) is 42.5 Å². The summed E-state index contributed by atoms with van der Waals surface area (Å²) in [6.07, 6.45) is 3.83. The molecule has 0 bridgehead atoms. The summed E-state index contributed by atoms with van der Waals surface area (Å²) in [6, 6.07) is 15.1. The maximum absolute atomic E-state index is 16.2. The van der Waals surface area contributed by atoms with E-state index in [9.17, 15) is 14.7 Å². The van der Waals surface area contributed by atoms with E-state index in [1.54, 1.807) is 28.9 Å². The number of carbonyl (C=O) groups excluding carboxylic acids is 2. The predicted octanol–water partition coefficient (Wildman–Crippen LogP) is 3.92. The minimum atomic E-state index is -3.35. The van der Waals surface area contributed by atoms with Crippen LogP contribution in [-0.2, 0) is 39.4 Å². The first-order valence-electron chi connectivity index (χ1n) is 15.5. The molecule has 6 rings (SSSR count). The molecule has 0 radical (unpaired) electrons. The molecule has 2 aromatic carbocycles. The van der Waals surface area contributed by atoms with Gasteiger partial charge in [0.05, 0.1) is 30.1 Å². The Labute approximate surface area is 258 Å².